The van der Waals surface area contributed by atoms with E-state index in [1.807, 2.05) is 0 Å². The molecular weight excluding hydrogens is 346 g/mol. The molecule has 0 atom stereocenters. The molecule has 0 radical (unpaired) electrons. The van der Waals surface area contributed by atoms with Gasteiger partial charge in [0.2, 0.25) is 0 Å². The van der Waals surface area contributed by atoms with Gasteiger partial charge < -0.3 is 4.74 Å². The lowest BCUT2D eigenvalue weighted by Gasteiger charge is -2.04. The van der Waals surface area contributed by atoms with Crippen LogP contribution in [0.25, 0.3) is 0 Å². The average molecular weight is 355 g/mol. The summed E-state index contributed by atoms with van der Waals surface area (Å²) in [5, 5.41) is 0.285. The standard InChI is InChI=1S/C14H9BrClNO3/c15-11-4-1-9(2-5-11)12(18)8-20-14(19)10-3-6-13(16)17-7-10/h1-7H,8H2. The number of halogens is 2. The van der Waals surface area contributed by atoms with Gasteiger partial charge in [0.25, 0.3) is 0 Å². The van der Waals surface area contributed by atoms with Crippen LogP contribution in [0.2, 0.25) is 5.15 Å². The first kappa shape index (κ1) is 14.7. The number of pyridine rings is 1. The summed E-state index contributed by atoms with van der Waals surface area (Å²) in [5.74, 6) is -0.882. The van der Waals surface area contributed by atoms with Crippen LogP contribution in [-0.4, -0.2) is 23.3 Å². The van der Waals surface area contributed by atoms with Crippen LogP contribution < -0.4 is 0 Å². The number of aromatic nitrogens is 1. The highest BCUT2D eigenvalue weighted by molar-refractivity contribution is 9.10. The van der Waals surface area contributed by atoms with Gasteiger partial charge in [0.1, 0.15) is 5.15 Å². The van der Waals surface area contributed by atoms with Crippen LogP contribution in [0, 0.1) is 0 Å². The second-order valence-electron chi connectivity index (χ2n) is 3.88. The lowest BCUT2D eigenvalue weighted by Crippen LogP contribution is -2.14. The first-order chi connectivity index (χ1) is 9.56. The molecule has 102 valence electrons. The van der Waals surface area contributed by atoms with E-state index in [0.29, 0.717) is 5.56 Å². The third-order valence-corrected chi connectivity index (χ3v) is 3.22. The van der Waals surface area contributed by atoms with Gasteiger partial charge in [0, 0.05) is 16.2 Å². The summed E-state index contributed by atoms with van der Waals surface area (Å²) in [5.41, 5.74) is 0.730. The maximum atomic E-state index is 11.8. The first-order valence-corrected chi connectivity index (χ1v) is 6.81. The average Bonchev–Trinajstić information content (AvgIpc) is 2.46. The van der Waals surface area contributed by atoms with Crippen molar-refractivity contribution in [1.29, 1.82) is 0 Å². The molecule has 0 unspecified atom stereocenters. The monoisotopic (exact) mass is 353 g/mol. The summed E-state index contributed by atoms with van der Waals surface area (Å²) >= 11 is 8.89. The molecule has 2 aromatic rings. The van der Waals surface area contributed by atoms with Crippen molar-refractivity contribution < 1.29 is 14.3 Å². The van der Waals surface area contributed by atoms with Crippen molar-refractivity contribution in [3.63, 3.8) is 0 Å². The quantitative estimate of drug-likeness (QED) is 0.479. The molecule has 0 aliphatic rings. The maximum Gasteiger partial charge on any atom is 0.340 e. The molecule has 0 N–H and O–H groups in total. The number of rotatable bonds is 4. The summed E-state index contributed by atoms with van der Waals surface area (Å²) in [6.45, 7) is -0.316. The summed E-state index contributed by atoms with van der Waals surface area (Å²) < 4.78 is 5.80. The Bertz CT molecular complexity index is 568. The van der Waals surface area contributed by atoms with E-state index in [9.17, 15) is 9.59 Å². The van der Waals surface area contributed by atoms with Crippen molar-refractivity contribution in [3.8, 4) is 0 Å². The number of ketones is 1. The highest BCUT2D eigenvalue weighted by atomic mass is 79.9. The van der Waals surface area contributed by atoms with E-state index in [1.54, 1.807) is 24.3 Å². The molecule has 1 aromatic carbocycles. The first-order valence-electron chi connectivity index (χ1n) is 5.64. The number of carbonyl (C=O) groups excluding carboxylic acids is 2. The van der Waals surface area contributed by atoms with Crippen LogP contribution in [0.15, 0.2) is 47.1 Å². The molecule has 0 bridgehead atoms. The SMILES string of the molecule is O=C(COC(=O)c1ccc(Cl)nc1)c1ccc(Br)cc1. The zero-order chi connectivity index (χ0) is 14.5. The van der Waals surface area contributed by atoms with E-state index >= 15 is 0 Å². The maximum absolute atomic E-state index is 11.8. The largest absolute Gasteiger partial charge is 0.454 e. The minimum absolute atomic E-state index is 0.248. The molecule has 0 amide bonds. The predicted octanol–water partition coefficient (Wildman–Crippen LogP) is 3.54. The summed E-state index contributed by atoms with van der Waals surface area (Å²) in [7, 11) is 0. The van der Waals surface area contributed by atoms with E-state index < -0.39 is 5.97 Å². The number of Topliss-reactive ketones (excluding diaryl/α,β-unsaturated/α-hetero) is 1. The van der Waals surface area contributed by atoms with Gasteiger partial charge in [-0.1, -0.05) is 39.7 Å². The molecule has 1 aromatic heterocycles. The molecule has 20 heavy (non-hydrogen) atoms. The van der Waals surface area contributed by atoms with Gasteiger partial charge in [0.15, 0.2) is 12.4 Å². The number of ether oxygens (including phenoxy) is 1. The lowest BCUT2D eigenvalue weighted by molar-refractivity contribution is 0.0474. The van der Waals surface area contributed by atoms with E-state index in [0.717, 1.165) is 4.47 Å². The molecule has 4 nitrogen and oxygen atoms in total. The summed E-state index contributed by atoms with van der Waals surface area (Å²) in [6.07, 6.45) is 1.30. The molecular formula is C14H9BrClNO3. The third kappa shape index (κ3) is 3.88. The Kier molecular flexibility index (Phi) is 4.87. The lowest BCUT2D eigenvalue weighted by atomic mass is 10.1. The molecule has 0 fully saturated rings. The number of hydrogen-bond acceptors (Lipinski definition) is 4. The molecule has 6 heteroatoms. The molecule has 1 heterocycles. The van der Waals surface area contributed by atoms with Crippen molar-refractivity contribution in [3.05, 3.63) is 63.3 Å². The fourth-order valence-corrected chi connectivity index (χ4v) is 1.81. The number of benzene rings is 1. The van der Waals surface area contributed by atoms with E-state index in [-0.39, 0.29) is 23.1 Å². The van der Waals surface area contributed by atoms with Crippen LogP contribution in [0.5, 0.6) is 0 Å². The zero-order valence-corrected chi connectivity index (χ0v) is 12.5. The van der Waals surface area contributed by atoms with Gasteiger partial charge in [0.05, 0.1) is 5.56 Å². The minimum atomic E-state index is -0.611. The molecule has 0 saturated heterocycles. The Morgan fingerprint density at radius 3 is 2.35 bits per heavy atom. The molecule has 0 saturated carbocycles. The number of hydrogen-bond donors (Lipinski definition) is 0. The van der Waals surface area contributed by atoms with E-state index in [2.05, 4.69) is 20.9 Å². The second-order valence-corrected chi connectivity index (χ2v) is 5.18. The topological polar surface area (TPSA) is 56.3 Å². The van der Waals surface area contributed by atoms with Crippen LogP contribution in [0.1, 0.15) is 20.7 Å². The predicted molar refractivity (Wildman–Crippen MR) is 78.0 cm³/mol. The Morgan fingerprint density at radius 1 is 1.10 bits per heavy atom. The smallest absolute Gasteiger partial charge is 0.340 e. The van der Waals surface area contributed by atoms with Crippen molar-refractivity contribution >= 4 is 39.3 Å². The van der Waals surface area contributed by atoms with Gasteiger partial charge in [-0.05, 0) is 24.3 Å². The normalized spacial score (nSPS) is 10.1. The van der Waals surface area contributed by atoms with Crippen LogP contribution in [0.4, 0.5) is 0 Å². The highest BCUT2D eigenvalue weighted by Gasteiger charge is 2.12. The van der Waals surface area contributed by atoms with Gasteiger partial charge >= 0.3 is 5.97 Å². The Labute approximate surface area is 128 Å². The molecule has 0 aliphatic heterocycles. The summed E-state index contributed by atoms with van der Waals surface area (Å²) in [4.78, 5) is 27.3. The Hall–Kier alpha value is -1.72. The third-order valence-electron chi connectivity index (χ3n) is 2.46. The molecule has 0 spiro atoms. The zero-order valence-electron chi connectivity index (χ0n) is 10.2. The Morgan fingerprint density at radius 2 is 1.75 bits per heavy atom. The highest BCUT2D eigenvalue weighted by Crippen LogP contribution is 2.11. The number of esters is 1. The number of nitrogens with zero attached hydrogens (tertiary/aromatic N) is 1. The van der Waals surface area contributed by atoms with Crippen molar-refractivity contribution in [2.24, 2.45) is 0 Å². The Balaban J connectivity index is 1.94. The van der Waals surface area contributed by atoms with Gasteiger partial charge in [-0.25, -0.2) is 9.78 Å². The minimum Gasteiger partial charge on any atom is -0.454 e. The van der Waals surface area contributed by atoms with Gasteiger partial charge in [-0.15, -0.1) is 0 Å². The van der Waals surface area contributed by atoms with Crippen molar-refractivity contribution in [2.45, 2.75) is 0 Å². The van der Waals surface area contributed by atoms with Crippen LogP contribution in [0.3, 0.4) is 0 Å². The van der Waals surface area contributed by atoms with Gasteiger partial charge in [-0.2, -0.15) is 0 Å². The van der Waals surface area contributed by atoms with Crippen molar-refractivity contribution in [1.82, 2.24) is 4.98 Å². The summed E-state index contributed by atoms with van der Waals surface area (Å²) in [6, 6.07) is 9.78. The van der Waals surface area contributed by atoms with Gasteiger partial charge in [-0.3, -0.25) is 4.79 Å². The fourth-order valence-electron chi connectivity index (χ4n) is 1.43. The fraction of sp³-hybridized carbons (Fsp3) is 0.0714. The van der Waals surface area contributed by atoms with E-state index in [4.69, 9.17) is 16.3 Å². The van der Waals surface area contributed by atoms with E-state index in [1.165, 1.54) is 18.3 Å². The van der Waals surface area contributed by atoms with Crippen LogP contribution >= 0.6 is 27.5 Å². The molecule has 0 aliphatic carbocycles. The van der Waals surface area contributed by atoms with Crippen molar-refractivity contribution in [2.75, 3.05) is 6.61 Å². The number of carbonyl (C=O) groups is 2. The molecule has 2 rings (SSSR count). The van der Waals surface area contributed by atoms with Crippen LogP contribution in [-0.2, 0) is 4.74 Å². The second kappa shape index (κ2) is 6.63.